The summed E-state index contributed by atoms with van der Waals surface area (Å²) in [4.78, 5) is 3.93. The molecular weight excluding hydrogens is 136 g/mol. The first-order valence-electron chi connectivity index (χ1n) is 3.41. The number of hydrogen-bond acceptors (Lipinski definition) is 0. The van der Waals surface area contributed by atoms with Gasteiger partial charge in [0.1, 0.15) is 11.3 Å². The zero-order chi connectivity index (χ0) is 7.68. The largest absolute Gasteiger partial charge is 0.445 e. The highest BCUT2D eigenvalue weighted by Gasteiger charge is 1.97. The van der Waals surface area contributed by atoms with E-state index < -0.39 is 0 Å². The van der Waals surface area contributed by atoms with Gasteiger partial charge >= 0.3 is 0 Å². The lowest BCUT2D eigenvalue weighted by Crippen LogP contribution is -2.28. The van der Waals surface area contributed by atoms with Crippen molar-refractivity contribution in [2.45, 2.75) is 0 Å². The third kappa shape index (κ3) is 1.03. The summed E-state index contributed by atoms with van der Waals surface area (Å²) in [7, 11) is 0. The number of hydrogen-bond donors (Lipinski definition) is 0. The van der Waals surface area contributed by atoms with Gasteiger partial charge in [-0.25, -0.2) is 0 Å². The monoisotopic (exact) mass is 142 g/mol. The van der Waals surface area contributed by atoms with Gasteiger partial charge < -0.3 is 10.4 Å². The van der Waals surface area contributed by atoms with Crippen LogP contribution in [0, 0.1) is 6.42 Å². The van der Waals surface area contributed by atoms with Gasteiger partial charge in [0.2, 0.25) is 0 Å². The first kappa shape index (κ1) is 6.16. The van der Waals surface area contributed by atoms with Crippen molar-refractivity contribution >= 4 is 11.9 Å². The summed E-state index contributed by atoms with van der Waals surface area (Å²) in [5.74, 6) is 0.0729. The molecule has 2 nitrogen and oxygen atoms in total. The number of para-hydroxylation sites is 1. The van der Waals surface area contributed by atoms with E-state index in [1.54, 1.807) is 6.42 Å². The molecule has 1 aliphatic rings. The standard InChI is InChI=1S/C9H6N2/c10-9-6-5-7-3-1-2-4-8(7)11-9/h1-6H. The molecule has 0 amide bonds. The van der Waals surface area contributed by atoms with Crippen LogP contribution in [0.3, 0.4) is 0 Å². The average Bonchev–Trinajstić information content (AvgIpc) is 2.04. The van der Waals surface area contributed by atoms with E-state index in [9.17, 15) is 0 Å². The van der Waals surface area contributed by atoms with Gasteiger partial charge in [0.25, 0.3) is 0 Å². The molecule has 1 heterocycles. The van der Waals surface area contributed by atoms with Crippen molar-refractivity contribution in [3.63, 3.8) is 0 Å². The van der Waals surface area contributed by atoms with Crippen LogP contribution >= 0.6 is 0 Å². The van der Waals surface area contributed by atoms with Gasteiger partial charge in [-0.15, -0.1) is 0 Å². The lowest BCUT2D eigenvalue weighted by atomic mass is 10.2. The molecule has 0 aromatic heterocycles. The van der Waals surface area contributed by atoms with Crippen molar-refractivity contribution in [1.82, 2.24) is 0 Å². The highest BCUT2D eigenvalue weighted by molar-refractivity contribution is 6.00. The fraction of sp³-hybridized carbons (Fsp3) is 0. The normalized spacial score (nSPS) is 14.0. The van der Waals surface area contributed by atoms with Gasteiger partial charge in [-0.05, 0) is 12.1 Å². The molecule has 0 saturated heterocycles. The van der Waals surface area contributed by atoms with Crippen LogP contribution in [0.15, 0.2) is 29.3 Å². The second kappa shape index (κ2) is 2.23. The Balaban J connectivity index is 2.83. The molecule has 0 bridgehead atoms. The second-order valence-corrected chi connectivity index (χ2v) is 2.36. The molecule has 0 radical (unpaired) electrons. The lowest BCUT2D eigenvalue weighted by Gasteiger charge is -2.00. The molecule has 1 aromatic rings. The minimum Gasteiger partial charge on any atom is -0.445 e. The van der Waals surface area contributed by atoms with Crippen molar-refractivity contribution in [2.75, 3.05) is 0 Å². The Hall–Kier alpha value is -1.57. The van der Waals surface area contributed by atoms with Gasteiger partial charge in [-0.2, -0.15) is 0 Å². The first-order valence-corrected chi connectivity index (χ1v) is 3.41. The predicted molar refractivity (Wildman–Crippen MR) is 44.4 cm³/mol. The predicted octanol–water partition coefficient (Wildman–Crippen LogP) is 0.272. The first-order chi connectivity index (χ1) is 5.36. The van der Waals surface area contributed by atoms with Crippen molar-refractivity contribution in [3.8, 4) is 0 Å². The van der Waals surface area contributed by atoms with Crippen molar-refractivity contribution in [1.29, 1.82) is 0 Å². The zero-order valence-corrected chi connectivity index (χ0v) is 5.86. The van der Waals surface area contributed by atoms with Crippen LogP contribution in [0.2, 0.25) is 0 Å². The molecule has 0 spiro atoms. The number of amidine groups is 1. The smallest absolute Gasteiger partial charge is 0.108 e. The molecule has 0 fully saturated rings. The van der Waals surface area contributed by atoms with E-state index in [0.29, 0.717) is 0 Å². The summed E-state index contributed by atoms with van der Waals surface area (Å²) in [5, 5.41) is 10.9. The van der Waals surface area contributed by atoms with Crippen LogP contribution in [-0.4, -0.2) is 5.84 Å². The van der Waals surface area contributed by atoms with Crippen LogP contribution in [0.5, 0.6) is 0 Å². The minimum atomic E-state index is 0.0729. The van der Waals surface area contributed by atoms with Gasteiger partial charge in [0.15, 0.2) is 0 Å². The van der Waals surface area contributed by atoms with Crippen molar-refractivity contribution in [3.05, 3.63) is 46.7 Å². The molecule has 1 aliphatic heterocycles. The molecule has 2 rings (SSSR count). The Morgan fingerprint density at radius 2 is 2.09 bits per heavy atom. The van der Waals surface area contributed by atoms with Gasteiger partial charge in [0, 0.05) is 11.9 Å². The van der Waals surface area contributed by atoms with Crippen LogP contribution < -0.4 is 10.6 Å². The summed E-state index contributed by atoms with van der Waals surface area (Å²) in [6.07, 6.45) is 3.43. The maximum absolute atomic E-state index is 9.02. The molecular formula is C9H6N2. The van der Waals surface area contributed by atoms with Gasteiger partial charge in [-0.3, -0.25) is 0 Å². The fourth-order valence-corrected chi connectivity index (χ4v) is 1.06. The van der Waals surface area contributed by atoms with E-state index in [1.807, 2.05) is 30.3 Å². The van der Waals surface area contributed by atoms with E-state index in [1.165, 1.54) is 0 Å². The molecule has 0 saturated carbocycles. The molecule has 52 valence electrons. The quantitative estimate of drug-likeness (QED) is 0.466. The van der Waals surface area contributed by atoms with E-state index >= 15 is 0 Å². The SMILES string of the molecule is [N-]=C1[CH+]C=c2ccccc2=N1. The lowest BCUT2D eigenvalue weighted by molar-refractivity contribution is 1.33. The molecule has 0 atom stereocenters. The van der Waals surface area contributed by atoms with E-state index in [2.05, 4.69) is 4.99 Å². The molecule has 1 aromatic carbocycles. The summed E-state index contributed by atoms with van der Waals surface area (Å²) in [6, 6.07) is 7.67. The van der Waals surface area contributed by atoms with Gasteiger partial charge in [-0.1, -0.05) is 6.07 Å². The van der Waals surface area contributed by atoms with Gasteiger partial charge in [0.05, 0.1) is 11.8 Å². The van der Waals surface area contributed by atoms with Crippen LogP contribution in [0.25, 0.3) is 11.5 Å². The maximum Gasteiger partial charge on any atom is 0.108 e. The topological polar surface area (TPSA) is 34.7 Å². The summed E-state index contributed by atoms with van der Waals surface area (Å²) < 4.78 is 0. The molecule has 0 aliphatic carbocycles. The number of fused-ring (bicyclic) bond motifs is 1. The molecule has 11 heavy (non-hydrogen) atoms. The Morgan fingerprint density at radius 3 is 3.00 bits per heavy atom. The Kier molecular flexibility index (Phi) is 1.25. The summed E-state index contributed by atoms with van der Waals surface area (Å²) >= 11 is 0. The fourth-order valence-electron chi connectivity index (χ4n) is 1.06. The van der Waals surface area contributed by atoms with E-state index in [4.69, 9.17) is 5.41 Å². The third-order valence-electron chi connectivity index (χ3n) is 1.58. The Morgan fingerprint density at radius 1 is 1.27 bits per heavy atom. The van der Waals surface area contributed by atoms with Crippen LogP contribution in [0.1, 0.15) is 0 Å². The third-order valence-corrected chi connectivity index (χ3v) is 1.58. The van der Waals surface area contributed by atoms with Crippen LogP contribution in [0.4, 0.5) is 0 Å². The Labute approximate surface area is 64.4 Å². The van der Waals surface area contributed by atoms with E-state index in [-0.39, 0.29) is 5.84 Å². The highest BCUT2D eigenvalue weighted by Crippen LogP contribution is 1.88. The number of rotatable bonds is 0. The van der Waals surface area contributed by atoms with E-state index in [0.717, 1.165) is 10.6 Å². The van der Waals surface area contributed by atoms with Crippen LogP contribution in [-0.2, 0) is 0 Å². The van der Waals surface area contributed by atoms with Crippen molar-refractivity contribution in [2.24, 2.45) is 4.99 Å². The minimum absolute atomic E-state index is 0.0729. The zero-order valence-electron chi connectivity index (χ0n) is 5.86. The Bertz CT molecular complexity index is 404. The van der Waals surface area contributed by atoms with Crippen molar-refractivity contribution < 1.29 is 0 Å². The number of benzene rings is 1. The number of nitrogens with zero attached hydrogens (tertiary/aromatic N) is 2. The summed E-state index contributed by atoms with van der Waals surface area (Å²) in [6.45, 7) is 0. The molecule has 2 heteroatoms. The highest BCUT2D eigenvalue weighted by atomic mass is 14.8. The summed E-state index contributed by atoms with van der Waals surface area (Å²) in [5.41, 5.74) is 0. The molecule has 0 N–H and O–H groups in total. The maximum atomic E-state index is 9.02. The second-order valence-electron chi connectivity index (χ2n) is 2.36. The molecule has 0 unspecified atom stereocenters. The average molecular weight is 142 g/mol.